The molecule has 75 heavy (non-hydrogen) atoms. The highest BCUT2D eigenvalue weighted by Gasteiger charge is 2.42. The van der Waals surface area contributed by atoms with Crippen molar-refractivity contribution in [2.75, 3.05) is 0 Å². The van der Waals surface area contributed by atoms with Gasteiger partial charge in [-0.2, -0.15) is 0 Å². The van der Waals surface area contributed by atoms with Crippen LogP contribution in [0.1, 0.15) is 0 Å². The number of rotatable bonds is 4. The number of hydrogen-bond acceptors (Lipinski definition) is 5. The maximum atomic E-state index is 6.68. The molecule has 5 nitrogen and oxygen atoms in total. The van der Waals surface area contributed by atoms with Gasteiger partial charge in [0.25, 0.3) is 13.4 Å². The van der Waals surface area contributed by atoms with Gasteiger partial charge in [0.2, 0.25) is 0 Å². The van der Waals surface area contributed by atoms with E-state index in [0.29, 0.717) is 0 Å². The SMILES string of the molecule is Cn1c2c(-c3ccc(-c4cc5c6c(c4)Oc4ccccc4B6c4ccccc4O5)cc3)cccc2c2c3sc4ccccc4c3cc(-c3ccc(-c4cc5c6c(c4)Oc4ccccc4B6c4ccccc4O5)cc3)c21. The first-order valence-corrected chi connectivity index (χ1v) is 26.4. The zero-order valence-electron chi connectivity index (χ0n) is 40.4. The van der Waals surface area contributed by atoms with Crippen LogP contribution in [-0.2, 0) is 7.05 Å². The summed E-state index contributed by atoms with van der Waals surface area (Å²) in [4.78, 5) is 0. The maximum absolute atomic E-state index is 6.68. The second-order valence-corrected chi connectivity index (χ2v) is 21.3. The molecule has 8 heteroatoms. The van der Waals surface area contributed by atoms with Gasteiger partial charge in [-0.1, -0.05) is 158 Å². The molecular formula is C67H39B2NO4S. The van der Waals surface area contributed by atoms with Gasteiger partial charge in [0.05, 0.1) is 11.0 Å². The molecule has 4 aliphatic heterocycles. The van der Waals surface area contributed by atoms with Crippen LogP contribution in [0.5, 0.6) is 46.0 Å². The van der Waals surface area contributed by atoms with Crippen LogP contribution in [-0.4, -0.2) is 18.0 Å². The third-order valence-corrected chi connectivity index (χ3v) is 17.5. The zero-order valence-corrected chi connectivity index (χ0v) is 41.2. The highest BCUT2D eigenvalue weighted by molar-refractivity contribution is 7.26. The Kier molecular flexibility index (Phi) is 8.47. The van der Waals surface area contributed by atoms with Gasteiger partial charge in [-0.25, -0.2) is 0 Å². The Bertz CT molecular complexity index is 4490. The van der Waals surface area contributed by atoms with Crippen molar-refractivity contribution in [3.8, 4) is 90.5 Å². The van der Waals surface area contributed by atoms with E-state index in [4.69, 9.17) is 18.9 Å². The summed E-state index contributed by atoms with van der Waals surface area (Å²) < 4.78 is 31.7. The first-order valence-electron chi connectivity index (χ1n) is 25.6. The van der Waals surface area contributed by atoms with E-state index in [1.54, 1.807) is 0 Å². The third-order valence-electron chi connectivity index (χ3n) is 16.3. The van der Waals surface area contributed by atoms with Crippen LogP contribution < -0.4 is 51.7 Å². The van der Waals surface area contributed by atoms with Gasteiger partial charge >= 0.3 is 0 Å². The van der Waals surface area contributed by atoms with E-state index in [0.717, 1.165) is 112 Å². The summed E-state index contributed by atoms with van der Waals surface area (Å²) in [5.41, 5.74) is 18.2. The molecule has 0 bridgehead atoms. The molecule has 0 amide bonds. The molecule has 13 aromatic rings. The van der Waals surface area contributed by atoms with E-state index in [1.165, 1.54) is 53.1 Å². The quantitative estimate of drug-likeness (QED) is 0.165. The lowest BCUT2D eigenvalue weighted by atomic mass is 9.35. The standard InChI is InChI=1S/C67H39B2NO4S/c1-70-65-44(40-29-25-38(26-30-40)42-33-57-63-58(34-42)72-54-21-8-4-17-50(54)68(63)49-16-3-7-20-53(49)71-57)14-12-15-46(65)62-66(70)47(37-48-45-13-2-11-24-61(45)75-67(48)62)41-31-27-39(28-32-41)43-35-59-64-60(36-43)74-56-23-10-6-19-52(56)69(64)51-18-5-9-22-55(51)73-59/h2-37H,1H3. The molecule has 4 aliphatic rings. The smallest absolute Gasteiger partial charge is 0.260 e. The van der Waals surface area contributed by atoms with Crippen LogP contribution in [0.4, 0.5) is 0 Å². The minimum absolute atomic E-state index is 0.0395. The summed E-state index contributed by atoms with van der Waals surface area (Å²) in [5.74, 6) is 6.91. The summed E-state index contributed by atoms with van der Waals surface area (Å²) in [6, 6.07) is 78.4. The predicted molar refractivity (Wildman–Crippen MR) is 310 cm³/mol. The average Bonchev–Trinajstić information content (AvgIpc) is 4.01. The second-order valence-electron chi connectivity index (χ2n) is 20.2. The molecular weight excluding hydrogens is 936 g/mol. The molecule has 0 spiro atoms. The Morgan fingerprint density at radius 2 is 0.747 bits per heavy atom. The molecule has 6 heterocycles. The third kappa shape index (κ3) is 5.91. The number of thiophene rings is 1. The van der Waals surface area contributed by atoms with Crippen molar-refractivity contribution < 1.29 is 18.9 Å². The Morgan fingerprint density at radius 3 is 1.24 bits per heavy atom. The molecule has 0 saturated carbocycles. The van der Waals surface area contributed by atoms with Gasteiger partial charge in [-0.05, 0) is 116 Å². The maximum Gasteiger partial charge on any atom is 0.260 e. The lowest BCUT2D eigenvalue weighted by molar-refractivity contribution is 0.464. The summed E-state index contributed by atoms with van der Waals surface area (Å²) in [5, 5.41) is 5.08. The van der Waals surface area contributed by atoms with Crippen molar-refractivity contribution >= 4 is 99.5 Å². The van der Waals surface area contributed by atoms with E-state index in [2.05, 4.69) is 206 Å². The summed E-state index contributed by atoms with van der Waals surface area (Å²) >= 11 is 1.89. The minimum atomic E-state index is 0.0395. The van der Waals surface area contributed by atoms with Gasteiger partial charge in [0, 0.05) is 60.0 Å². The Labute approximate surface area is 436 Å². The van der Waals surface area contributed by atoms with E-state index < -0.39 is 0 Å². The topological polar surface area (TPSA) is 41.9 Å². The number of fused-ring (bicyclic) bond motifs is 15. The normalized spacial score (nSPS) is 13.2. The van der Waals surface area contributed by atoms with Crippen LogP contribution in [0.2, 0.25) is 0 Å². The van der Waals surface area contributed by atoms with Gasteiger partial charge in [0.15, 0.2) is 0 Å². The molecule has 17 rings (SSSR count). The lowest BCUT2D eigenvalue weighted by Gasteiger charge is -2.33. The van der Waals surface area contributed by atoms with E-state index in [9.17, 15) is 0 Å². The van der Waals surface area contributed by atoms with Crippen LogP contribution >= 0.6 is 11.3 Å². The van der Waals surface area contributed by atoms with Gasteiger partial charge < -0.3 is 23.5 Å². The summed E-state index contributed by atoms with van der Waals surface area (Å²) in [6.45, 7) is 0.0825. The number of nitrogens with zero attached hydrogens (tertiary/aromatic N) is 1. The van der Waals surface area contributed by atoms with Crippen molar-refractivity contribution in [3.63, 3.8) is 0 Å². The highest BCUT2D eigenvalue weighted by Crippen LogP contribution is 2.49. The monoisotopic (exact) mass is 975 g/mol. The average molecular weight is 976 g/mol. The number of benzene rings is 11. The van der Waals surface area contributed by atoms with Crippen LogP contribution in [0.3, 0.4) is 0 Å². The predicted octanol–water partition coefficient (Wildman–Crippen LogP) is 13.8. The minimum Gasteiger partial charge on any atom is -0.458 e. The molecule has 0 saturated heterocycles. The van der Waals surface area contributed by atoms with Gasteiger partial charge in [-0.15, -0.1) is 11.3 Å². The number of para-hydroxylation sites is 5. The number of hydrogen-bond donors (Lipinski definition) is 0. The first-order chi connectivity index (χ1) is 37.1. The van der Waals surface area contributed by atoms with Crippen LogP contribution in [0, 0.1) is 0 Å². The molecule has 0 fully saturated rings. The van der Waals surface area contributed by atoms with Crippen LogP contribution in [0.25, 0.3) is 86.5 Å². The van der Waals surface area contributed by atoms with E-state index in [1.807, 2.05) is 35.6 Å². The fourth-order valence-electron chi connectivity index (χ4n) is 12.9. The molecule has 0 unspecified atom stereocenters. The molecule has 0 radical (unpaired) electrons. The molecule has 0 N–H and O–H groups in total. The van der Waals surface area contributed by atoms with Crippen LogP contribution in [0.15, 0.2) is 218 Å². The molecule has 11 aromatic carbocycles. The first kappa shape index (κ1) is 41.3. The highest BCUT2D eigenvalue weighted by atomic mass is 32.1. The number of ether oxygens (including phenoxy) is 4. The molecule has 348 valence electrons. The number of aromatic nitrogens is 1. The lowest BCUT2D eigenvalue weighted by Crippen LogP contribution is -2.57. The van der Waals surface area contributed by atoms with Crippen molar-refractivity contribution in [2.24, 2.45) is 7.05 Å². The Morgan fingerprint density at radius 1 is 0.333 bits per heavy atom. The molecule has 0 atom stereocenters. The summed E-state index contributed by atoms with van der Waals surface area (Å²) in [6.07, 6.45) is 0. The fourth-order valence-corrected chi connectivity index (χ4v) is 14.2. The van der Waals surface area contributed by atoms with Crippen molar-refractivity contribution in [3.05, 3.63) is 218 Å². The molecule has 0 aliphatic carbocycles. The largest absolute Gasteiger partial charge is 0.458 e. The fraction of sp³-hybridized carbons (Fsp3) is 0.0149. The van der Waals surface area contributed by atoms with E-state index in [-0.39, 0.29) is 13.4 Å². The van der Waals surface area contributed by atoms with Crippen molar-refractivity contribution in [1.82, 2.24) is 4.57 Å². The van der Waals surface area contributed by atoms with Crippen molar-refractivity contribution in [1.29, 1.82) is 0 Å². The van der Waals surface area contributed by atoms with Crippen molar-refractivity contribution in [2.45, 2.75) is 0 Å². The second kappa shape index (κ2) is 15.4. The Hall–Kier alpha value is -9.23. The number of aryl methyl sites for hydroxylation is 1. The summed E-state index contributed by atoms with van der Waals surface area (Å²) in [7, 11) is 2.24. The Balaban J connectivity index is 0.779. The van der Waals surface area contributed by atoms with Gasteiger partial charge in [0.1, 0.15) is 46.0 Å². The van der Waals surface area contributed by atoms with Gasteiger partial charge in [-0.3, -0.25) is 0 Å². The zero-order chi connectivity index (χ0) is 49.0. The van der Waals surface area contributed by atoms with E-state index >= 15 is 0 Å². The molecule has 2 aromatic heterocycles.